The van der Waals surface area contributed by atoms with Crippen molar-refractivity contribution in [3.05, 3.63) is 42.0 Å². The van der Waals surface area contributed by atoms with E-state index in [1.54, 1.807) is 0 Å². The second-order valence-electron chi connectivity index (χ2n) is 5.06. The first-order valence-electron chi connectivity index (χ1n) is 6.93. The van der Waals surface area contributed by atoms with Gasteiger partial charge in [0.15, 0.2) is 0 Å². The summed E-state index contributed by atoms with van der Waals surface area (Å²) in [7, 11) is 0. The van der Waals surface area contributed by atoms with E-state index < -0.39 is 5.97 Å². The second kappa shape index (κ2) is 7.10. The van der Waals surface area contributed by atoms with E-state index in [-0.39, 0.29) is 12.5 Å². The van der Waals surface area contributed by atoms with Gasteiger partial charge in [0.1, 0.15) is 0 Å². The number of nitrogens with zero attached hydrogens (tertiary/aromatic N) is 1. The molecule has 1 saturated heterocycles. The zero-order chi connectivity index (χ0) is 13.5. The van der Waals surface area contributed by atoms with Gasteiger partial charge in [-0.05, 0) is 24.9 Å². The largest absolute Gasteiger partial charge is 0.481 e. The summed E-state index contributed by atoms with van der Waals surface area (Å²) in [5.74, 6) is -0.691. The fourth-order valence-electron chi connectivity index (χ4n) is 2.62. The number of carbonyl (C=O) groups is 1. The van der Waals surface area contributed by atoms with Crippen LogP contribution in [0.15, 0.2) is 36.4 Å². The number of benzene rings is 1. The highest BCUT2D eigenvalue weighted by molar-refractivity contribution is 5.67. The highest BCUT2D eigenvalue weighted by Crippen LogP contribution is 2.19. The van der Waals surface area contributed by atoms with Gasteiger partial charge < -0.3 is 5.11 Å². The maximum atomic E-state index is 10.9. The van der Waals surface area contributed by atoms with Crippen molar-refractivity contribution in [2.75, 3.05) is 13.1 Å². The molecule has 1 aromatic rings. The number of piperidine rings is 1. The van der Waals surface area contributed by atoms with Crippen LogP contribution in [0.2, 0.25) is 0 Å². The maximum Gasteiger partial charge on any atom is 0.304 e. The van der Waals surface area contributed by atoms with E-state index in [4.69, 9.17) is 5.11 Å². The third-order valence-electron chi connectivity index (χ3n) is 3.61. The second-order valence-corrected chi connectivity index (χ2v) is 5.06. The Bertz CT molecular complexity index is 428. The summed E-state index contributed by atoms with van der Waals surface area (Å²) in [6.45, 7) is 1.85. The summed E-state index contributed by atoms with van der Waals surface area (Å²) in [4.78, 5) is 13.2. The van der Waals surface area contributed by atoms with E-state index >= 15 is 0 Å². The van der Waals surface area contributed by atoms with Crippen molar-refractivity contribution < 1.29 is 9.90 Å². The van der Waals surface area contributed by atoms with Gasteiger partial charge in [-0.1, -0.05) is 48.9 Å². The number of hydrogen-bond donors (Lipinski definition) is 1. The Morgan fingerprint density at radius 1 is 1.32 bits per heavy atom. The van der Waals surface area contributed by atoms with Crippen LogP contribution >= 0.6 is 0 Å². The van der Waals surface area contributed by atoms with Crippen LogP contribution in [-0.2, 0) is 4.79 Å². The molecule has 2 rings (SSSR count). The third kappa shape index (κ3) is 4.52. The van der Waals surface area contributed by atoms with Crippen LogP contribution < -0.4 is 0 Å². The molecule has 19 heavy (non-hydrogen) atoms. The number of hydrogen-bond acceptors (Lipinski definition) is 2. The molecule has 1 aromatic carbocycles. The molecular weight excluding hydrogens is 238 g/mol. The molecule has 3 heteroatoms. The molecule has 0 bridgehead atoms. The SMILES string of the molecule is O=C(O)CC1CCCCN1C/C=C/c1ccccc1. The van der Waals surface area contributed by atoms with E-state index in [2.05, 4.69) is 29.2 Å². The summed E-state index contributed by atoms with van der Waals surface area (Å²) in [5.41, 5.74) is 1.19. The minimum Gasteiger partial charge on any atom is -0.481 e. The molecule has 1 aliphatic heterocycles. The van der Waals surface area contributed by atoms with E-state index in [9.17, 15) is 4.79 Å². The average molecular weight is 259 g/mol. The molecule has 1 fully saturated rings. The van der Waals surface area contributed by atoms with E-state index in [1.807, 2.05) is 18.2 Å². The van der Waals surface area contributed by atoms with Crippen LogP contribution in [0.1, 0.15) is 31.2 Å². The van der Waals surface area contributed by atoms with Crippen molar-refractivity contribution in [3.63, 3.8) is 0 Å². The first kappa shape index (κ1) is 13.8. The van der Waals surface area contributed by atoms with Gasteiger partial charge >= 0.3 is 5.97 Å². The Morgan fingerprint density at radius 2 is 2.11 bits per heavy atom. The molecule has 1 atom stereocenters. The summed E-state index contributed by atoms with van der Waals surface area (Å²) < 4.78 is 0. The fourth-order valence-corrected chi connectivity index (χ4v) is 2.62. The van der Waals surface area contributed by atoms with Crippen LogP contribution in [-0.4, -0.2) is 35.1 Å². The highest BCUT2D eigenvalue weighted by Gasteiger charge is 2.23. The molecule has 1 aliphatic rings. The zero-order valence-corrected chi connectivity index (χ0v) is 11.2. The summed E-state index contributed by atoms with van der Waals surface area (Å²) >= 11 is 0. The number of likely N-dealkylation sites (tertiary alicyclic amines) is 1. The number of aliphatic carboxylic acids is 1. The monoisotopic (exact) mass is 259 g/mol. The fraction of sp³-hybridized carbons (Fsp3) is 0.438. The first-order chi connectivity index (χ1) is 9.25. The Morgan fingerprint density at radius 3 is 2.84 bits per heavy atom. The van der Waals surface area contributed by atoms with Gasteiger partial charge in [0.05, 0.1) is 6.42 Å². The molecule has 0 amide bonds. The van der Waals surface area contributed by atoms with Crippen molar-refractivity contribution in [1.29, 1.82) is 0 Å². The van der Waals surface area contributed by atoms with Gasteiger partial charge in [-0.15, -0.1) is 0 Å². The Kier molecular flexibility index (Phi) is 5.16. The molecule has 0 saturated carbocycles. The number of carboxylic acid groups (broad SMARTS) is 1. The lowest BCUT2D eigenvalue weighted by molar-refractivity contribution is -0.138. The van der Waals surface area contributed by atoms with Crippen LogP contribution in [0.3, 0.4) is 0 Å². The zero-order valence-electron chi connectivity index (χ0n) is 11.2. The maximum absolute atomic E-state index is 10.9. The van der Waals surface area contributed by atoms with Gasteiger partial charge in [-0.3, -0.25) is 9.69 Å². The normalized spacial score (nSPS) is 20.7. The van der Waals surface area contributed by atoms with Crippen LogP contribution in [0.25, 0.3) is 6.08 Å². The highest BCUT2D eigenvalue weighted by atomic mass is 16.4. The van der Waals surface area contributed by atoms with Crippen molar-refractivity contribution in [2.24, 2.45) is 0 Å². The standard InChI is InChI=1S/C16H21NO2/c18-16(19)13-15-10-4-5-11-17(15)12-6-9-14-7-2-1-3-8-14/h1-3,6-9,15H,4-5,10-13H2,(H,18,19)/b9-6+. The van der Waals surface area contributed by atoms with E-state index in [0.29, 0.717) is 0 Å². The first-order valence-corrected chi connectivity index (χ1v) is 6.93. The van der Waals surface area contributed by atoms with Gasteiger partial charge in [0, 0.05) is 12.6 Å². The average Bonchev–Trinajstić information content (AvgIpc) is 2.41. The molecular formula is C16H21NO2. The third-order valence-corrected chi connectivity index (χ3v) is 3.61. The Hall–Kier alpha value is -1.61. The summed E-state index contributed by atoms with van der Waals surface area (Å²) in [6.07, 6.45) is 7.83. The lowest BCUT2D eigenvalue weighted by Gasteiger charge is -2.34. The molecule has 0 aliphatic carbocycles. The van der Waals surface area contributed by atoms with E-state index in [0.717, 1.165) is 25.9 Å². The quantitative estimate of drug-likeness (QED) is 0.883. The van der Waals surface area contributed by atoms with Gasteiger partial charge in [-0.25, -0.2) is 0 Å². The molecule has 3 nitrogen and oxygen atoms in total. The van der Waals surface area contributed by atoms with Crippen LogP contribution in [0, 0.1) is 0 Å². The molecule has 102 valence electrons. The van der Waals surface area contributed by atoms with Crippen LogP contribution in [0.5, 0.6) is 0 Å². The molecule has 0 aromatic heterocycles. The minimum atomic E-state index is -0.691. The summed E-state index contributed by atoms with van der Waals surface area (Å²) in [5, 5.41) is 8.94. The van der Waals surface area contributed by atoms with Gasteiger partial charge in [0.25, 0.3) is 0 Å². The molecule has 1 N–H and O–H groups in total. The van der Waals surface area contributed by atoms with Crippen molar-refractivity contribution in [3.8, 4) is 0 Å². The topological polar surface area (TPSA) is 40.5 Å². The smallest absolute Gasteiger partial charge is 0.304 e. The number of rotatable bonds is 5. The van der Waals surface area contributed by atoms with Crippen molar-refractivity contribution in [1.82, 2.24) is 4.90 Å². The molecule has 0 spiro atoms. The summed E-state index contributed by atoms with van der Waals surface area (Å²) in [6, 6.07) is 10.4. The molecule has 0 radical (unpaired) electrons. The van der Waals surface area contributed by atoms with Crippen molar-refractivity contribution >= 4 is 12.0 Å². The molecule has 1 unspecified atom stereocenters. The van der Waals surface area contributed by atoms with E-state index in [1.165, 1.54) is 12.0 Å². The predicted octanol–water partition coefficient (Wildman–Crippen LogP) is 3.03. The van der Waals surface area contributed by atoms with Gasteiger partial charge in [0.2, 0.25) is 0 Å². The Balaban J connectivity index is 1.89. The predicted molar refractivity (Wildman–Crippen MR) is 76.9 cm³/mol. The van der Waals surface area contributed by atoms with Gasteiger partial charge in [-0.2, -0.15) is 0 Å². The lowest BCUT2D eigenvalue weighted by atomic mass is 9.99. The number of carboxylic acids is 1. The van der Waals surface area contributed by atoms with Crippen LogP contribution in [0.4, 0.5) is 0 Å². The molecule has 1 heterocycles. The van der Waals surface area contributed by atoms with Crippen molar-refractivity contribution in [2.45, 2.75) is 31.7 Å². The Labute approximate surface area is 114 Å². The minimum absolute atomic E-state index is 0.201. The lowest BCUT2D eigenvalue weighted by Crippen LogP contribution is -2.40.